The van der Waals surface area contributed by atoms with E-state index in [0.717, 1.165) is 12.0 Å². The van der Waals surface area contributed by atoms with Gasteiger partial charge in [0.25, 0.3) is 5.91 Å². The SMILES string of the molecule is CCc1ccc([C@]2(O)CC(C(F)(F)F)=NN2C(=O)c2ccccc2OC)cc1. The quantitative estimate of drug-likeness (QED) is 0.859. The Labute approximate surface area is 160 Å². The van der Waals surface area contributed by atoms with E-state index in [1.807, 2.05) is 6.92 Å². The molecule has 2 aromatic rings. The molecule has 8 heteroatoms. The van der Waals surface area contributed by atoms with Crippen LogP contribution in [0, 0.1) is 0 Å². The van der Waals surface area contributed by atoms with Crippen molar-refractivity contribution >= 4 is 11.6 Å². The Kier molecular flexibility index (Phi) is 5.16. The molecule has 3 rings (SSSR count). The molecule has 0 aliphatic carbocycles. The van der Waals surface area contributed by atoms with Gasteiger partial charge in [-0.3, -0.25) is 4.79 Å². The van der Waals surface area contributed by atoms with E-state index in [0.29, 0.717) is 5.01 Å². The molecule has 0 unspecified atom stereocenters. The van der Waals surface area contributed by atoms with Gasteiger partial charge in [-0.05, 0) is 24.1 Å². The summed E-state index contributed by atoms with van der Waals surface area (Å²) in [5.74, 6) is -0.717. The van der Waals surface area contributed by atoms with E-state index in [1.165, 1.54) is 31.4 Å². The molecule has 0 saturated carbocycles. The van der Waals surface area contributed by atoms with Crippen molar-refractivity contribution in [2.24, 2.45) is 5.10 Å². The second kappa shape index (κ2) is 7.27. The van der Waals surface area contributed by atoms with Crippen LogP contribution in [0.3, 0.4) is 0 Å². The van der Waals surface area contributed by atoms with Crippen LogP contribution >= 0.6 is 0 Å². The number of halogens is 3. The number of aliphatic hydroxyl groups is 1. The van der Waals surface area contributed by atoms with Gasteiger partial charge in [0, 0.05) is 5.56 Å². The summed E-state index contributed by atoms with van der Waals surface area (Å²) in [4.78, 5) is 13.0. The average Bonchev–Trinajstić information content (AvgIpc) is 3.06. The molecule has 0 bridgehead atoms. The number of hydrazone groups is 1. The molecule has 1 aliphatic heterocycles. The van der Waals surface area contributed by atoms with Gasteiger partial charge in [0.2, 0.25) is 0 Å². The number of carbonyl (C=O) groups is 1. The van der Waals surface area contributed by atoms with Crippen LogP contribution in [0.1, 0.15) is 34.8 Å². The predicted molar refractivity (Wildman–Crippen MR) is 97.0 cm³/mol. The Morgan fingerprint density at radius 2 is 1.86 bits per heavy atom. The fourth-order valence-electron chi connectivity index (χ4n) is 3.08. The molecular weight excluding hydrogens is 373 g/mol. The minimum atomic E-state index is -4.77. The molecule has 148 valence electrons. The van der Waals surface area contributed by atoms with Crippen LogP contribution in [0.4, 0.5) is 13.2 Å². The predicted octanol–water partition coefficient (Wildman–Crippen LogP) is 3.87. The number of carbonyl (C=O) groups excluding carboxylic acids is 1. The van der Waals surface area contributed by atoms with Crippen molar-refractivity contribution < 1.29 is 27.8 Å². The van der Waals surface area contributed by atoms with Gasteiger partial charge < -0.3 is 9.84 Å². The minimum absolute atomic E-state index is 0.000720. The number of amides is 1. The Morgan fingerprint density at radius 3 is 2.43 bits per heavy atom. The third-order valence-corrected chi connectivity index (χ3v) is 4.67. The molecule has 1 N–H and O–H groups in total. The Morgan fingerprint density at radius 1 is 1.21 bits per heavy atom. The highest BCUT2D eigenvalue weighted by molar-refractivity contribution is 6.01. The zero-order chi connectivity index (χ0) is 20.5. The number of ether oxygens (including phenoxy) is 1. The number of aryl methyl sites for hydroxylation is 1. The molecular formula is C20H19F3N2O3. The summed E-state index contributed by atoms with van der Waals surface area (Å²) < 4.78 is 45.1. The van der Waals surface area contributed by atoms with E-state index in [1.54, 1.807) is 24.3 Å². The summed E-state index contributed by atoms with van der Waals surface area (Å²) in [7, 11) is 1.34. The van der Waals surface area contributed by atoms with Gasteiger partial charge in [-0.15, -0.1) is 0 Å². The third kappa shape index (κ3) is 3.47. The first-order chi connectivity index (χ1) is 13.2. The third-order valence-electron chi connectivity index (χ3n) is 4.67. The summed E-state index contributed by atoms with van der Waals surface area (Å²) in [5, 5.41) is 15.1. The molecule has 0 radical (unpaired) electrons. The van der Waals surface area contributed by atoms with Crippen molar-refractivity contribution in [3.05, 3.63) is 65.2 Å². The van der Waals surface area contributed by atoms with Gasteiger partial charge in [-0.2, -0.15) is 23.3 Å². The highest BCUT2D eigenvalue weighted by Gasteiger charge is 2.53. The van der Waals surface area contributed by atoms with E-state index in [4.69, 9.17) is 4.74 Å². The second-order valence-electron chi connectivity index (χ2n) is 6.41. The van der Waals surface area contributed by atoms with Crippen molar-refractivity contribution in [1.82, 2.24) is 5.01 Å². The van der Waals surface area contributed by atoms with E-state index >= 15 is 0 Å². The molecule has 2 aromatic carbocycles. The lowest BCUT2D eigenvalue weighted by Gasteiger charge is -2.32. The number of benzene rings is 2. The van der Waals surface area contributed by atoms with E-state index < -0.39 is 29.9 Å². The Balaban J connectivity index is 2.09. The Bertz CT molecular complexity index is 910. The highest BCUT2D eigenvalue weighted by Crippen LogP contribution is 2.41. The summed E-state index contributed by atoms with van der Waals surface area (Å²) in [6, 6.07) is 12.5. The number of rotatable bonds is 4. The zero-order valence-corrected chi connectivity index (χ0v) is 15.3. The molecule has 28 heavy (non-hydrogen) atoms. The van der Waals surface area contributed by atoms with Gasteiger partial charge in [0.1, 0.15) is 11.5 Å². The summed E-state index contributed by atoms with van der Waals surface area (Å²) >= 11 is 0. The number of alkyl halides is 3. The first-order valence-electron chi connectivity index (χ1n) is 8.64. The first-order valence-corrected chi connectivity index (χ1v) is 8.64. The normalized spacial score (nSPS) is 19.5. The highest BCUT2D eigenvalue weighted by atomic mass is 19.4. The molecule has 5 nitrogen and oxygen atoms in total. The van der Waals surface area contributed by atoms with Gasteiger partial charge in [0.05, 0.1) is 19.1 Å². The number of methoxy groups -OCH3 is 1. The van der Waals surface area contributed by atoms with Crippen molar-refractivity contribution in [3.8, 4) is 5.75 Å². The van der Waals surface area contributed by atoms with Gasteiger partial charge in [0.15, 0.2) is 5.72 Å². The van der Waals surface area contributed by atoms with Crippen molar-refractivity contribution in [3.63, 3.8) is 0 Å². The summed E-state index contributed by atoms with van der Waals surface area (Å²) in [5.41, 5.74) is -2.38. The monoisotopic (exact) mass is 392 g/mol. The molecule has 1 atom stereocenters. The largest absolute Gasteiger partial charge is 0.496 e. The fourth-order valence-corrected chi connectivity index (χ4v) is 3.08. The van der Waals surface area contributed by atoms with Crippen molar-refractivity contribution in [2.75, 3.05) is 7.11 Å². The van der Waals surface area contributed by atoms with Gasteiger partial charge in [-0.25, -0.2) is 0 Å². The van der Waals surface area contributed by atoms with Crippen molar-refractivity contribution in [2.45, 2.75) is 31.7 Å². The zero-order valence-electron chi connectivity index (χ0n) is 15.3. The number of hydrogen-bond acceptors (Lipinski definition) is 4. The maximum atomic E-state index is 13.3. The Hall–Kier alpha value is -2.87. The molecule has 1 heterocycles. The summed E-state index contributed by atoms with van der Waals surface area (Å²) in [6.45, 7) is 1.93. The molecule has 0 saturated heterocycles. The molecule has 0 aromatic heterocycles. The first kappa shape index (κ1) is 19.9. The number of hydrogen-bond donors (Lipinski definition) is 1. The van der Waals surface area contributed by atoms with Crippen molar-refractivity contribution in [1.29, 1.82) is 0 Å². The lowest BCUT2D eigenvalue weighted by molar-refractivity contribution is -0.0816. The molecule has 0 spiro atoms. The maximum Gasteiger partial charge on any atom is 0.431 e. The minimum Gasteiger partial charge on any atom is -0.496 e. The second-order valence-corrected chi connectivity index (χ2v) is 6.41. The van der Waals surface area contributed by atoms with Crippen LogP contribution in [-0.4, -0.2) is 35.0 Å². The van der Waals surface area contributed by atoms with E-state index in [-0.39, 0.29) is 16.9 Å². The lowest BCUT2D eigenvalue weighted by atomic mass is 9.95. The average molecular weight is 392 g/mol. The van der Waals surface area contributed by atoms with Crippen LogP contribution in [-0.2, 0) is 12.1 Å². The fraction of sp³-hybridized carbons (Fsp3) is 0.300. The van der Waals surface area contributed by atoms with E-state index in [2.05, 4.69) is 5.10 Å². The standard InChI is InChI=1S/C20H19F3N2O3/c1-3-13-8-10-14(11-9-13)19(27)12-17(20(21,22)23)24-25(19)18(26)15-6-4-5-7-16(15)28-2/h4-11,27H,3,12H2,1-2H3/t19-/m1/s1. The molecule has 1 aliphatic rings. The van der Waals surface area contributed by atoms with Crippen LogP contribution in [0.5, 0.6) is 5.75 Å². The summed E-state index contributed by atoms with van der Waals surface area (Å²) in [6.07, 6.45) is -4.90. The topological polar surface area (TPSA) is 62.1 Å². The van der Waals surface area contributed by atoms with Gasteiger partial charge in [-0.1, -0.05) is 43.3 Å². The number of nitrogens with zero attached hydrogens (tertiary/aromatic N) is 2. The lowest BCUT2D eigenvalue weighted by Crippen LogP contribution is -2.43. The van der Waals surface area contributed by atoms with Crippen LogP contribution < -0.4 is 4.74 Å². The van der Waals surface area contributed by atoms with Crippen LogP contribution in [0.2, 0.25) is 0 Å². The molecule has 0 fully saturated rings. The molecule has 1 amide bonds. The maximum absolute atomic E-state index is 13.3. The number of para-hydroxylation sites is 1. The van der Waals surface area contributed by atoms with Gasteiger partial charge >= 0.3 is 6.18 Å². The van der Waals surface area contributed by atoms with E-state index in [9.17, 15) is 23.1 Å². The van der Waals surface area contributed by atoms with Crippen LogP contribution in [0.15, 0.2) is 53.6 Å². The smallest absolute Gasteiger partial charge is 0.431 e. The van der Waals surface area contributed by atoms with Crippen LogP contribution in [0.25, 0.3) is 0 Å².